The first kappa shape index (κ1) is 31.1. The first-order valence-corrected chi connectivity index (χ1v) is 14.1. The van der Waals surface area contributed by atoms with Gasteiger partial charge in [0.25, 0.3) is 0 Å². The molecule has 0 aliphatic heterocycles. The third-order valence-electron chi connectivity index (χ3n) is 5.71. The Balaban J connectivity index is 1.54. The van der Waals surface area contributed by atoms with E-state index in [0.717, 1.165) is 4.80 Å². The van der Waals surface area contributed by atoms with E-state index >= 15 is 0 Å². The number of carbonyl (C=O) groups is 4. The highest BCUT2D eigenvalue weighted by Crippen LogP contribution is 2.20. The summed E-state index contributed by atoms with van der Waals surface area (Å²) in [5.41, 5.74) is 6.54. The number of carbonyl (C=O) groups excluding carboxylic acids is 4. The van der Waals surface area contributed by atoms with Crippen LogP contribution in [0.2, 0.25) is 0 Å². The molecular formula is C29H30N6O7S. The summed E-state index contributed by atoms with van der Waals surface area (Å²) in [5, 5.41) is 14.5. The van der Waals surface area contributed by atoms with E-state index in [2.05, 4.69) is 20.4 Å². The summed E-state index contributed by atoms with van der Waals surface area (Å²) in [6, 6.07) is 12.0. The lowest BCUT2D eigenvalue weighted by Gasteiger charge is -2.21. The molecular weight excluding hydrogens is 576 g/mol. The molecule has 0 aliphatic rings. The van der Waals surface area contributed by atoms with E-state index in [9.17, 15) is 19.2 Å². The van der Waals surface area contributed by atoms with E-state index in [4.69, 9.17) is 19.9 Å². The molecule has 2 aromatic heterocycles. The van der Waals surface area contributed by atoms with Crippen LogP contribution < -0.4 is 5.73 Å². The molecule has 0 amide bonds. The standard InChI is InChI=1S/C29H30N6O7S/c1-29(2,3)42-23(36)15-21(30)25(37)24(28(39)40-16-18-8-5-4-6-9-18)35-33-26(32-34-35)19-10-7-11-20(14-19)27(38)41-17-22-31-12-13-43-22/h4-14,21,24H,15-17,30H2,1-3H3. The van der Waals surface area contributed by atoms with Gasteiger partial charge in [-0.25, -0.2) is 14.6 Å². The molecule has 43 heavy (non-hydrogen) atoms. The van der Waals surface area contributed by atoms with Gasteiger partial charge >= 0.3 is 17.9 Å². The Morgan fingerprint density at radius 1 is 1.00 bits per heavy atom. The summed E-state index contributed by atoms with van der Waals surface area (Å²) in [7, 11) is 0. The molecule has 2 aromatic carbocycles. The molecule has 2 N–H and O–H groups in total. The number of nitrogens with two attached hydrogens (primary N) is 1. The lowest BCUT2D eigenvalue weighted by Crippen LogP contribution is -2.43. The van der Waals surface area contributed by atoms with Crippen LogP contribution in [0, 0.1) is 0 Å². The average Bonchev–Trinajstić information content (AvgIpc) is 3.67. The van der Waals surface area contributed by atoms with Gasteiger partial charge in [-0.15, -0.1) is 26.3 Å². The molecule has 4 aromatic rings. The predicted molar refractivity (Wildman–Crippen MR) is 153 cm³/mol. The Kier molecular flexibility index (Phi) is 10.1. The average molecular weight is 607 g/mol. The SMILES string of the molecule is CC(C)(C)OC(=O)CC(N)C(=O)C(C(=O)OCc1ccccc1)n1nnc(-c2cccc(C(=O)OCc3nccs3)c2)n1. The molecule has 0 spiro atoms. The van der Waals surface area contributed by atoms with Crippen LogP contribution in [0.4, 0.5) is 0 Å². The van der Waals surface area contributed by atoms with Gasteiger partial charge in [0.05, 0.1) is 18.0 Å². The molecule has 2 atom stereocenters. The number of thiazole rings is 1. The maximum atomic E-state index is 13.4. The zero-order valence-corrected chi connectivity index (χ0v) is 24.5. The topological polar surface area (TPSA) is 178 Å². The fraction of sp³-hybridized carbons (Fsp3) is 0.310. The van der Waals surface area contributed by atoms with Gasteiger partial charge in [0, 0.05) is 17.1 Å². The molecule has 0 radical (unpaired) electrons. The summed E-state index contributed by atoms with van der Waals surface area (Å²) in [4.78, 5) is 56.5. The van der Waals surface area contributed by atoms with Gasteiger partial charge in [0.2, 0.25) is 11.9 Å². The number of hydrogen-bond acceptors (Lipinski definition) is 13. The van der Waals surface area contributed by atoms with Crippen molar-refractivity contribution in [2.45, 2.75) is 58.1 Å². The summed E-state index contributed by atoms with van der Waals surface area (Å²) in [6.45, 7) is 4.93. The lowest BCUT2D eigenvalue weighted by atomic mass is 10.0. The second-order valence-electron chi connectivity index (χ2n) is 10.3. The monoisotopic (exact) mass is 606 g/mol. The summed E-state index contributed by atoms with van der Waals surface area (Å²) < 4.78 is 16.0. The second-order valence-corrected chi connectivity index (χ2v) is 11.3. The maximum absolute atomic E-state index is 13.4. The van der Waals surface area contributed by atoms with Crippen LogP contribution in [0.1, 0.15) is 54.2 Å². The van der Waals surface area contributed by atoms with E-state index in [1.165, 1.54) is 17.4 Å². The lowest BCUT2D eigenvalue weighted by molar-refractivity contribution is -0.158. The van der Waals surface area contributed by atoms with Gasteiger partial charge in [-0.05, 0) is 43.7 Å². The van der Waals surface area contributed by atoms with Crippen molar-refractivity contribution in [1.29, 1.82) is 0 Å². The van der Waals surface area contributed by atoms with Crippen LogP contribution in [0.25, 0.3) is 11.4 Å². The highest BCUT2D eigenvalue weighted by Gasteiger charge is 2.37. The van der Waals surface area contributed by atoms with Crippen molar-refractivity contribution in [2.24, 2.45) is 5.73 Å². The fourth-order valence-corrected chi connectivity index (χ4v) is 4.30. The van der Waals surface area contributed by atoms with Crippen molar-refractivity contribution in [3.63, 3.8) is 0 Å². The van der Waals surface area contributed by atoms with Gasteiger partial charge < -0.3 is 19.9 Å². The van der Waals surface area contributed by atoms with Crippen LogP contribution in [-0.4, -0.2) is 60.5 Å². The minimum absolute atomic E-state index is 0.0175. The molecule has 0 saturated heterocycles. The van der Waals surface area contributed by atoms with Crippen LogP contribution in [0.5, 0.6) is 0 Å². The number of benzene rings is 2. The number of esters is 3. The highest BCUT2D eigenvalue weighted by molar-refractivity contribution is 7.09. The molecule has 2 heterocycles. The van der Waals surface area contributed by atoms with E-state index < -0.39 is 47.8 Å². The molecule has 0 bridgehead atoms. The number of ether oxygens (including phenoxy) is 3. The smallest absolute Gasteiger partial charge is 0.341 e. The highest BCUT2D eigenvalue weighted by atomic mass is 32.1. The number of tetrazole rings is 1. The minimum atomic E-state index is -1.74. The number of hydrogen-bond donors (Lipinski definition) is 1. The Bertz CT molecular complexity index is 1570. The second kappa shape index (κ2) is 13.9. The zero-order chi connectivity index (χ0) is 31.0. The number of aromatic nitrogens is 5. The number of nitrogens with zero attached hydrogens (tertiary/aromatic N) is 5. The van der Waals surface area contributed by atoms with Gasteiger partial charge in [-0.2, -0.15) is 0 Å². The number of Topliss-reactive ketones (excluding diaryl/α,β-unsaturated/α-hetero) is 1. The molecule has 0 saturated carbocycles. The Morgan fingerprint density at radius 2 is 1.77 bits per heavy atom. The quantitative estimate of drug-likeness (QED) is 0.142. The van der Waals surface area contributed by atoms with Gasteiger partial charge in [-0.3, -0.25) is 9.59 Å². The minimum Gasteiger partial charge on any atom is -0.460 e. The fourth-order valence-electron chi connectivity index (χ4n) is 3.77. The normalized spacial score (nSPS) is 12.7. The molecule has 4 rings (SSSR count). The summed E-state index contributed by atoms with van der Waals surface area (Å²) >= 11 is 1.36. The Hall–Kier alpha value is -4.82. The maximum Gasteiger partial charge on any atom is 0.341 e. The molecule has 0 fully saturated rings. The number of ketones is 1. The zero-order valence-electron chi connectivity index (χ0n) is 23.7. The van der Waals surface area contributed by atoms with Crippen molar-refractivity contribution >= 4 is 35.0 Å². The first-order chi connectivity index (χ1) is 20.5. The van der Waals surface area contributed by atoms with Crippen LogP contribution in [-0.2, 0) is 41.8 Å². The largest absolute Gasteiger partial charge is 0.460 e. The van der Waals surface area contributed by atoms with Gasteiger partial charge in [-0.1, -0.05) is 42.5 Å². The van der Waals surface area contributed by atoms with E-state index in [-0.39, 0.29) is 24.6 Å². The van der Waals surface area contributed by atoms with E-state index in [1.807, 2.05) is 6.07 Å². The van der Waals surface area contributed by atoms with Crippen molar-refractivity contribution in [1.82, 2.24) is 25.2 Å². The van der Waals surface area contributed by atoms with Crippen molar-refractivity contribution in [3.8, 4) is 11.4 Å². The van der Waals surface area contributed by atoms with Crippen molar-refractivity contribution in [3.05, 3.63) is 82.3 Å². The molecule has 0 aliphatic carbocycles. The number of rotatable bonds is 12. The van der Waals surface area contributed by atoms with Gasteiger partial charge in [0.15, 0.2) is 5.78 Å². The Morgan fingerprint density at radius 3 is 2.47 bits per heavy atom. The molecule has 224 valence electrons. The van der Waals surface area contributed by atoms with Crippen molar-refractivity contribution in [2.75, 3.05) is 0 Å². The third-order valence-corrected chi connectivity index (χ3v) is 6.47. The third kappa shape index (κ3) is 8.83. The predicted octanol–water partition coefficient (Wildman–Crippen LogP) is 3.07. The Labute approximate surface area is 251 Å². The molecule has 2 unspecified atom stereocenters. The first-order valence-electron chi connectivity index (χ1n) is 13.2. The van der Waals surface area contributed by atoms with Gasteiger partial charge in [0.1, 0.15) is 23.8 Å². The van der Waals surface area contributed by atoms with E-state index in [0.29, 0.717) is 16.1 Å². The van der Waals surface area contributed by atoms with Crippen LogP contribution in [0.15, 0.2) is 66.2 Å². The molecule has 14 heteroatoms. The van der Waals surface area contributed by atoms with Crippen LogP contribution >= 0.6 is 11.3 Å². The summed E-state index contributed by atoms with van der Waals surface area (Å²) in [6.07, 6.45) is 1.13. The molecule has 13 nitrogen and oxygen atoms in total. The van der Waals surface area contributed by atoms with Crippen LogP contribution in [0.3, 0.4) is 0 Å². The van der Waals surface area contributed by atoms with Crippen molar-refractivity contribution < 1.29 is 33.4 Å². The van der Waals surface area contributed by atoms with E-state index in [1.54, 1.807) is 74.8 Å². The summed E-state index contributed by atoms with van der Waals surface area (Å²) in [5.74, 6) is -3.14.